The van der Waals surface area contributed by atoms with E-state index in [1.807, 2.05) is 0 Å². The van der Waals surface area contributed by atoms with Crippen LogP contribution in [0.3, 0.4) is 0 Å². The summed E-state index contributed by atoms with van der Waals surface area (Å²) in [4.78, 5) is 30.1. The first-order chi connectivity index (χ1) is 12.8. The molecule has 0 saturated carbocycles. The van der Waals surface area contributed by atoms with Crippen LogP contribution in [0.4, 0.5) is 18.9 Å². The summed E-state index contributed by atoms with van der Waals surface area (Å²) in [6, 6.07) is 6.74. The van der Waals surface area contributed by atoms with Crippen molar-refractivity contribution < 1.29 is 18.1 Å². The third-order valence-electron chi connectivity index (χ3n) is 3.81. The molecule has 1 aromatic carbocycles. The number of rotatable bonds is 2. The second kappa shape index (κ2) is 5.59. The summed E-state index contributed by atoms with van der Waals surface area (Å²) in [5.74, 6) is -1.67. The molecule has 0 bridgehead atoms. The van der Waals surface area contributed by atoms with Gasteiger partial charge in [-0.3, -0.25) is 19.5 Å². The maximum Gasteiger partial charge on any atom is 0.453 e. The number of halogens is 3. The highest BCUT2D eigenvalue weighted by Gasteiger charge is 2.36. The van der Waals surface area contributed by atoms with Crippen LogP contribution in [0, 0.1) is 10.1 Å². The van der Waals surface area contributed by atoms with Crippen LogP contribution in [0.25, 0.3) is 22.4 Å². The fourth-order valence-corrected chi connectivity index (χ4v) is 2.60. The largest absolute Gasteiger partial charge is 0.453 e. The zero-order valence-corrected chi connectivity index (χ0v) is 13.1. The Morgan fingerprint density at radius 1 is 1.19 bits per heavy atom. The van der Waals surface area contributed by atoms with Crippen molar-refractivity contribution >= 4 is 22.4 Å². The minimum atomic E-state index is -4.75. The number of benzene rings is 1. The van der Waals surface area contributed by atoms with Gasteiger partial charge in [0.15, 0.2) is 0 Å². The second-order valence-electron chi connectivity index (χ2n) is 5.47. The molecule has 0 aliphatic carbocycles. The first kappa shape index (κ1) is 16.6. The van der Waals surface area contributed by atoms with E-state index in [9.17, 15) is 28.1 Å². The lowest BCUT2D eigenvalue weighted by atomic mass is 10.2. The standard InChI is InChI=1S/C15H7F3N6O3/c16-15(17,18)13-20-14-19-7-10-11(23(14)21-13)4-5-22(12(10)25)8-2-1-3-9(6-8)24(26)27/h1-7H. The number of hydrogen-bond donors (Lipinski definition) is 0. The van der Waals surface area contributed by atoms with E-state index in [1.165, 1.54) is 36.5 Å². The Balaban J connectivity index is 1.95. The zero-order valence-electron chi connectivity index (χ0n) is 13.1. The van der Waals surface area contributed by atoms with Crippen LogP contribution in [-0.4, -0.2) is 29.1 Å². The molecule has 3 aromatic heterocycles. The van der Waals surface area contributed by atoms with Crippen molar-refractivity contribution in [2.24, 2.45) is 0 Å². The van der Waals surface area contributed by atoms with Gasteiger partial charge in [-0.1, -0.05) is 6.07 Å². The summed E-state index contributed by atoms with van der Waals surface area (Å²) < 4.78 is 40.4. The molecule has 0 aliphatic heterocycles. The molecule has 12 heteroatoms. The SMILES string of the molecule is O=c1c2cnc3nc(C(F)(F)F)nn3c2ccn1-c1cccc([N+](=O)[O-])c1. The molecule has 0 fully saturated rings. The molecule has 0 spiro atoms. The summed E-state index contributed by atoms with van der Waals surface area (Å²) in [6.07, 6.45) is -2.37. The van der Waals surface area contributed by atoms with Gasteiger partial charge in [-0.2, -0.15) is 22.7 Å². The number of nitrogens with zero attached hydrogens (tertiary/aromatic N) is 6. The first-order valence-corrected chi connectivity index (χ1v) is 7.35. The molecule has 3 heterocycles. The molecular weight excluding hydrogens is 369 g/mol. The monoisotopic (exact) mass is 376 g/mol. The van der Waals surface area contributed by atoms with Crippen LogP contribution in [-0.2, 0) is 6.18 Å². The lowest BCUT2D eigenvalue weighted by molar-refractivity contribution is -0.384. The van der Waals surface area contributed by atoms with Crippen LogP contribution < -0.4 is 5.56 Å². The summed E-state index contributed by atoms with van der Waals surface area (Å²) >= 11 is 0. The van der Waals surface area contributed by atoms with Crippen molar-refractivity contribution in [1.82, 2.24) is 24.1 Å². The molecule has 4 aromatic rings. The van der Waals surface area contributed by atoms with Gasteiger partial charge in [0.25, 0.3) is 22.8 Å². The second-order valence-corrected chi connectivity index (χ2v) is 5.47. The number of aromatic nitrogens is 5. The summed E-state index contributed by atoms with van der Waals surface area (Å²) in [5.41, 5.74) is -0.522. The fourth-order valence-electron chi connectivity index (χ4n) is 2.60. The minimum Gasteiger partial charge on any atom is -0.283 e. The van der Waals surface area contributed by atoms with E-state index in [4.69, 9.17) is 0 Å². The van der Waals surface area contributed by atoms with E-state index >= 15 is 0 Å². The number of non-ortho nitro benzene ring substituents is 1. The Morgan fingerprint density at radius 2 is 1.96 bits per heavy atom. The number of pyridine rings is 1. The lowest BCUT2D eigenvalue weighted by Gasteiger charge is -2.07. The molecule has 0 radical (unpaired) electrons. The van der Waals surface area contributed by atoms with E-state index in [0.717, 1.165) is 15.3 Å². The smallest absolute Gasteiger partial charge is 0.283 e. The first-order valence-electron chi connectivity index (χ1n) is 7.35. The molecule has 0 unspecified atom stereocenters. The Morgan fingerprint density at radius 3 is 2.67 bits per heavy atom. The van der Waals surface area contributed by atoms with Crippen LogP contribution in [0.15, 0.2) is 47.5 Å². The third-order valence-corrected chi connectivity index (χ3v) is 3.81. The number of nitro groups is 1. The van der Waals surface area contributed by atoms with Crippen LogP contribution >= 0.6 is 0 Å². The lowest BCUT2D eigenvalue weighted by Crippen LogP contribution is -2.19. The predicted molar refractivity (Wildman–Crippen MR) is 85.5 cm³/mol. The quantitative estimate of drug-likeness (QED) is 0.393. The van der Waals surface area contributed by atoms with Gasteiger partial charge in [0, 0.05) is 24.5 Å². The van der Waals surface area contributed by atoms with E-state index < -0.39 is 22.5 Å². The highest BCUT2D eigenvalue weighted by Crippen LogP contribution is 2.27. The molecule has 0 amide bonds. The third kappa shape index (κ3) is 2.67. The van der Waals surface area contributed by atoms with Crippen molar-refractivity contribution in [1.29, 1.82) is 0 Å². The Labute approximate surface area is 146 Å². The highest BCUT2D eigenvalue weighted by atomic mass is 19.4. The number of alkyl halides is 3. The summed E-state index contributed by atoms with van der Waals surface area (Å²) in [6.45, 7) is 0. The molecule has 9 nitrogen and oxygen atoms in total. The van der Waals surface area contributed by atoms with E-state index in [2.05, 4.69) is 15.1 Å². The van der Waals surface area contributed by atoms with E-state index in [1.54, 1.807) is 0 Å². The molecule has 0 atom stereocenters. The molecule has 0 N–H and O–H groups in total. The van der Waals surface area contributed by atoms with Gasteiger partial charge in [0.2, 0.25) is 0 Å². The molecule has 0 saturated heterocycles. The van der Waals surface area contributed by atoms with Gasteiger partial charge in [-0.05, 0) is 12.1 Å². The number of hydrogen-bond acceptors (Lipinski definition) is 6. The number of nitro benzene ring substituents is 1. The van der Waals surface area contributed by atoms with Crippen molar-refractivity contribution in [2.75, 3.05) is 0 Å². The summed E-state index contributed by atoms with van der Waals surface area (Å²) in [7, 11) is 0. The normalized spacial score (nSPS) is 12.0. The van der Waals surface area contributed by atoms with Gasteiger partial charge in [-0.25, -0.2) is 4.98 Å². The summed E-state index contributed by atoms with van der Waals surface area (Å²) in [5, 5.41) is 14.3. The molecular formula is C15H7F3N6O3. The van der Waals surface area contributed by atoms with Gasteiger partial charge in [-0.15, -0.1) is 5.10 Å². The maximum absolute atomic E-state index is 12.8. The van der Waals surface area contributed by atoms with Crippen molar-refractivity contribution in [3.63, 3.8) is 0 Å². The van der Waals surface area contributed by atoms with Crippen LogP contribution in [0.2, 0.25) is 0 Å². The van der Waals surface area contributed by atoms with E-state index in [0.29, 0.717) is 0 Å². The van der Waals surface area contributed by atoms with Crippen molar-refractivity contribution in [3.8, 4) is 5.69 Å². The molecule has 27 heavy (non-hydrogen) atoms. The Kier molecular flexibility index (Phi) is 3.44. The topological polar surface area (TPSA) is 108 Å². The molecule has 136 valence electrons. The maximum atomic E-state index is 12.8. The van der Waals surface area contributed by atoms with Gasteiger partial charge < -0.3 is 0 Å². The molecule has 0 aliphatic rings. The highest BCUT2D eigenvalue weighted by molar-refractivity contribution is 5.79. The molecule has 4 rings (SSSR count). The predicted octanol–water partition coefficient (Wildman–Crippen LogP) is 2.36. The minimum absolute atomic E-state index is 0.0184. The Bertz CT molecular complexity index is 1280. The van der Waals surface area contributed by atoms with Crippen LogP contribution in [0.1, 0.15) is 5.82 Å². The Hall–Kier alpha value is -3.83. The average Bonchev–Trinajstić information content (AvgIpc) is 3.07. The fraction of sp³-hybridized carbons (Fsp3) is 0.0667. The van der Waals surface area contributed by atoms with Crippen molar-refractivity contribution in [2.45, 2.75) is 6.18 Å². The van der Waals surface area contributed by atoms with Gasteiger partial charge in [0.1, 0.15) is 0 Å². The zero-order chi connectivity index (χ0) is 19.3. The van der Waals surface area contributed by atoms with Gasteiger partial charge >= 0.3 is 6.18 Å². The average molecular weight is 376 g/mol. The van der Waals surface area contributed by atoms with E-state index in [-0.39, 0.29) is 28.1 Å². The van der Waals surface area contributed by atoms with Crippen molar-refractivity contribution in [3.05, 3.63) is 69.0 Å². The van der Waals surface area contributed by atoms with Crippen LogP contribution in [0.5, 0.6) is 0 Å². The van der Waals surface area contributed by atoms with Gasteiger partial charge in [0.05, 0.1) is 21.5 Å². The number of fused-ring (bicyclic) bond motifs is 3.